The van der Waals surface area contributed by atoms with Crippen LogP contribution in [0.4, 0.5) is 0 Å². The van der Waals surface area contributed by atoms with Gasteiger partial charge in [-0.3, -0.25) is 4.90 Å². The summed E-state index contributed by atoms with van der Waals surface area (Å²) in [6.45, 7) is 7.35. The minimum absolute atomic E-state index is 0.0171. The molecule has 0 saturated heterocycles. The molecular weight excluding hydrogens is 869 g/mol. The summed E-state index contributed by atoms with van der Waals surface area (Å²) in [5.41, 5.74) is 6.79. The summed E-state index contributed by atoms with van der Waals surface area (Å²) in [6, 6.07) is 20.6. The molecule has 0 amide bonds. The molecular formula is C54H71N2O12+. The van der Waals surface area contributed by atoms with Crippen LogP contribution in [0.1, 0.15) is 78.6 Å². The Kier molecular flexibility index (Phi) is 17.5. The number of hydrogen-bond donors (Lipinski definition) is 0. The Hall–Kier alpha value is -6.12. The van der Waals surface area contributed by atoms with E-state index in [-0.39, 0.29) is 30.8 Å². The molecule has 0 bridgehead atoms. The lowest BCUT2D eigenvalue weighted by Gasteiger charge is -2.47. The van der Waals surface area contributed by atoms with Crippen molar-refractivity contribution in [2.45, 2.75) is 76.4 Å². The average molecular weight is 940 g/mol. The molecule has 3 unspecified atom stereocenters. The van der Waals surface area contributed by atoms with Crippen LogP contribution in [0.25, 0.3) is 0 Å². The fraction of sp³-hybridized carbons (Fsp3) is 0.481. The Balaban J connectivity index is 1.03. The Morgan fingerprint density at radius 3 is 1.57 bits per heavy atom. The molecule has 0 spiro atoms. The second kappa shape index (κ2) is 23.3. The number of benzene rings is 4. The average Bonchev–Trinajstić information content (AvgIpc) is 3.35. The molecule has 0 aromatic heterocycles. The molecule has 0 N–H and O–H groups in total. The quantitative estimate of drug-likeness (QED) is 0.0306. The number of likely N-dealkylation sites (N-methyl/N-ethyl adjacent to an activating group) is 1. The van der Waals surface area contributed by atoms with Crippen molar-refractivity contribution in [3.63, 3.8) is 0 Å². The molecule has 2 aliphatic rings. The highest BCUT2D eigenvalue weighted by Gasteiger charge is 2.41. The number of hydrogen-bond acceptors (Lipinski definition) is 13. The number of carbonyl (C=O) groups excluding carboxylic acids is 2. The smallest absolute Gasteiger partial charge is 0.331 e. The van der Waals surface area contributed by atoms with Crippen molar-refractivity contribution in [3.05, 3.63) is 106 Å². The zero-order chi connectivity index (χ0) is 49.0. The van der Waals surface area contributed by atoms with Gasteiger partial charge in [-0.15, -0.1) is 0 Å². The molecule has 68 heavy (non-hydrogen) atoms. The highest BCUT2D eigenvalue weighted by molar-refractivity contribution is 5.91. The van der Waals surface area contributed by atoms with Crippen LogP contribution in [-0.2, 0) is 44.7 Å². The van der Waals surface area contributed by atoms with Crippen molar-refractivity contribution >= 4 is 11.9 Å². The number of esters is 2. The van der Waals surface area contributed by atoms with Crippen molar-refractivity contribution in [3.8, 4) is 46.0 Å². The van der Waals surface area contributed by atoms with Crippen LogP contribution in [0.5, 0.6) is 46.0 Å². The lowest BCUT2D eigenvalue weighted by molar-refractivity contribution is -0.941. The first kappa shape index (κ1) is 51.3. The van der Waals surface area contributed by atoms with Crippen LogP contribution in [0.2, 0.25) is 0 Å². The van der Waals surface area contributed by atoms with E-state index in [1.165, 1.54) is 22.3 Å². The van der Waals surface area contributed by atoms with Crippen molar-refractivity contribution < 1.29 is 61.4 Å². The largest absolute Gasteiger partial charge is 0.493 e. The number of ether oxygens (including phenoxy) is 10. The molecule has 2 aliphatic heterocycles. The van der Waals surface area contributed by atoms with E-state index in [0.29, 0.717) is 58.8 Å². The molecule has 0 saturated carbocycles. The van der Waals surface area contributed by atoms with E-state index in [1.807, 2.05) is 24.3 Å². The van der Waals surface area contributed by atoms with Gasteiger partial charge in [0, 0.05) is 55.1 Å². The van der Waals surface area contributed by atoms with E-state index in [2.05, 4.69) is 62.2 Å². The summed E-state index contributed by atoms with van der Waals surface area (Å²) in [5, 5.41) is 0. The number of fused-ring (bicyclic) bond motifs is 2. The molecule has 2 heterocycles. The fourth-order valence-corrected chi connectivity index (χ4v) is 10.0. The Morgan fingerprint density at radius 1 is 0.588 bits per heavy atom. The molecule has 14 heteroatoms. The van der Waals surface area contributed by atoms with Gasteiger partial charge >= 0.3 is 11.9 Å². The third kappa shape index (κ3) is 11.9. The number of quaternary nitrogens is 1. The molecule has 0 fully saturated rings. The molecule has 4 aromatic carbocycles. The second-order valence-electron chi connectivity index (χ2n) is 18.2. The minimum Gasteiger partial charge on any atom is -0.493 e. The van der Waals surface area contributed by atoms with Crippen LogP contribution in [-0.4, -0.2) is 124 Å². The zero-order valence-electron chi connectivity index (χ0n) is 41.9. The highest BCUT2D eigenvalue weighted by atomic mass is 16.5. The van der Waals surface area contributed by atoms with Crippen LogP contribution in [0, 0.1) is 0 Å². The van der Waals surface area contributed by atoms with E-state index in [9.17, 15) is 9.59 Å². The minimum atomic E-state index is -0.589. The summed E-state index contributed by atoms with van der Waals surface area (Å²) in [7, 11) is 15.4. The molecule has 368 valence electrons. The van der Waals surface area contributed by atoms with E-state index >= 15 is 0 Å². The van der Waals surface area contributed by atoms with Gasteiger partial charge in [0.15, 0.2) is 46.0 Å². The van der Waals surface area contributed by atoms with Crippen molar-refractivity contribution in [2.75, 3.05) is 96.8 Å². The summed E-state index contributed by atoms with van der Waals surface area (Å²) < 4.78 is 57.0. The van der Waals surface area contributed by atoms with Gasteiger partial charge in [-0.25, -0.2) is 9.59 Å². The van der Waals surface area contributed by atoms with Gasteiger partial charge in [-0.2, -0.15) is 0 Å². The zero-order valence-corrected chi connectivity index (χ0v) is 41.9. The van der Waals surface area contributed by atoms with E-state index in [4.69, 9.17) is 47.4 Å². The lowest BCUT2D eigenvalue weighted by atomic mass is 9.83. The summed E-state index contributed by atoms with van der Waals surface area (Å²) >= 11 is 0. The molecule has 6 rings (SSSR count). The van der Waals surface area contributed by atoms with Crippen LogP contribution in [0.3, 0.4) is 0 Å². The number of carbonyl (C=O) groups is 2. The lowest BCUT2D eigenvalue weighted by Crippen LogP contribution is -2.52. The SMILES string of the molecule is COc1ccc(CC2c3cc(OC)c(OC)cc3CCN2C(C)(C)CCCOC(=O)C=CC(=O)OCCC[N+]2(C)CCc3cc(OC)c(OC)cc3C2Cc2ccc(OC)c(OC)c2)cc1OC. The van der Waals surface area contributed by atoms with Gasteiger partial charge in [0.25, 0.3) is 0 Å². The van der Waals surface area contributed by atoms with Crippen LogP contribution in [0.15, 0.2) is 72.8 Å². The number of rotatable bonds is 23. The molecule has 0 aliphatic carbocycles. The standard InChI is InChI=1S/C54H71N2O12/c1-54(2,55-23-20-38-32-48(63-8)50(65-10)34-40(38)42(55)28-36-14-16-44(59-4)46(30-36)61-6)22-12-26-67-52(57)18-19-53(58)68-27-13-24-56(3)25-21-39-33-49(64-9)51(66-11)35-41(39)43(56)29-37-15-17-45(60-5)47(31-37)62-7/h14-19,30-35,42-43H,12-13,20-29H2,1-11H3/q+1. The monoisotopic (exact) mass is 940 g/mol. The maximum Gasteiger partial charge on any atom is 0.331 e. The van der Waals surface area contributed by atoms with Crippen molar-refractivity contribution in [1.82, 2.24) is 4.90 Å². The van der Waals surface area contributed by atoms with E-state index in [1.54, 1.807) is 56.9 Å². The highest BCUT2D eigenvalue weighted by Crippen LogP contribution is 2.45. The summed E-state index contributed by atoms with van der Waals surface area (Å²) in [5.74, 6) is 4.33. The van der Waals surface area contributed by atoms with E-state index in [0.717, 1.165) is 79.5 Å². The van der Waals surface area contributed by atoms with E-state index < -0.39 is 11.9 Å². The van der Waals surface area contributed by atoms with Crippen LogP contribution < -0.4 is 37.9 Å². The van der Waals surface area contributed by atoms with Gasteiger partial charge in [0.05, 0.1) is 90.2 Å². The fourth-order valence-electron chi connectivity index (χ4n) is 10.0. The van der Waals surface area contributed by atoms with Gasteiger partial charge in [0.2, 0.25) is 0 Å². The number of methoxy groups -OCH3 is 8. The van der Waals surface area contributed by atoms with Crippen molar-refractivity contribution in [1.29, 1.82) is 0 Å². The van der Waals surface area contributed by atoms with Gasteiger partial charge in [-0.1, -0.05) is 12.1 Å². The van der Waals surface area contributed by atoms with Gasteiger partial charge < -0.3 is 51.9 Å². The Bertz CT molecular complexity index is 2400. The third-order valence-corrected chi connectivity index (χ3v) is 13.8. The van der Waals surface area contributed by atoms with Gasteiger partial charge in [0.1, 0.15) is 6.04 Å². The topological polar surface area (TPSA) is 130 Å². The Morgan fingerprint density at radius 2 is 1.04 bits per heavy atom. The first-order valence-electron chi connectivity index (χ1n) is 23.3. The number of nitrogens with zero attached hydrogens (tertiary/aromatic N) is 2. The maximum absolute atomic E-state index is 12.8. The first-order chi connectivity index (χ1) is 32.7. The summed E-state index contributed by atoms with van der Waals surface area (Å²) in [4.78, 5) is 28.2. The molecule has 3 atom stereocenters. The summed E-state index contributed by atoms with van der Waals surface area (Å²) in [6.07, 6.45) is 7.47. The van der Waals surface area contributed by atoms with Gasteiger partial charge in [-0.05, 0) is 116 Å². The molecule has 4 aromatic rings. The predicted molar refractivity (Wildman–Crippen MR) is 260 cm³/mol. The first-order valence-corrected chi connectivity index (χ1v) is 23.3. The Labute approximate surface area is 402 Å². The molecule has 0 radical (unpaired) electrons. The maximum atomic E-state index is 12.8. The second-order valence-corrected chi connectivity index (χ2v) is 18.2. The van der Waals surface area contributed by atoms with Crippen LogP contribution >= 0.6 is 0 Å². The predicted octanol–water partition coefficient (Wildman–Crippen LogP) is 8.48. The third-order valence-electron chi connectivity index (χ3n) is 13.8. The van der Waals surface area contributed by atoms with Crippen molar-refractivity contribution in [2.24, 2.45) is 0 Å². The molecule has 14 nitrogen and oxygen atoms in total. The normalized spacial score (nSPS) is 17.9.